The number of rotatable bonds is 2. The van der Waals surface area contributed by atoms with Gasteiger partial charge in [-0.3, -0.25) is 9.48 Å². The lowest BCUT2D eigenvalue weighted by atomic mass is 10.1. The van der Waals surface area contributed by atoms with Gasteiger partial charge >= 0.3 is 0 Å². The SMILES string of the molecule is CO[C@H]1CC[C@H]2[C@H]1OCCN2C(=O)c1nn(C)c2ccccc12. The summed E-state index contributed by atoms with van der Waals surface area (Å²) >= 11 is 0. The van der Waals surface area contributed by atoms with Gasteiger partial charge < -0.3 is 14.4 Å². The molecule has 0 spiro atoms. The maximum Gasteiger partial charge on any atom is 0.275 e. The number of methoxy groups -OCH3 is 1. The zero-order valence-corrected chi connectivity index (χ0v) is 13.4. The minimum atomic E-state index is -0.0207. The number of aryl methyl sites for hydroxylation is 1. The first kappa shape index (κ1) is 14.7. The van der Waals surface area contributed by atoms with Crippen LogP contribution in [0.4, 0.5) is 0 Å². The van der Waals surface area contributed by atoms with E-state index in [1.165, 1.54) is 0 Å². The van der Waals surface area contributed by atoms with Crippen LogP contribution in [0, 0.1) is 0 Å². The third-order valence-corrected chi connectivity index (χ3v) is 5.06. The molecule has 1 amide bonds. The Hall–Kier alpha value is -1.92. The third kappa shape index (κ3) is 2.24. The first-order valence-corrected chi connectivity index (χ1v) is 8.08. The summed E-state index contributed by atoms with van der Waals surface area (Å²) in [5.74, 6) is -0.00291. The zero-order valence-electron chi connectivity index (χ0n) is 13.4. The second kappa shape index (κ2) is 5.62. The van der Waals surface area contributed by atoms with Gasteiger partial charge in [0.2, 0.25) is 0 Å². The van der Waals surface area contributed by atoms with Crippen LogP contribution in [0.25, 0.3) is 10.9 Å². The fourth-order valence-electron chi connectivity index (χ4n) is 3.93. The minimum absolute atomic E-state index is 0.00291. The van der Waals surface area contributed by atoms with E-state index in [0.717, 1.165) is 23.7 Å². The first-order valence-electron chi connectivity index (χ1n) is 8.08. The van der Waals surface area contributed by atoms with E-state index < -0.39 is 0 Å². The summed E-state index contributed by atoms with van der Waals surface area (Å²) in [6, 6.07) is 7.93. The lowest BCUT2D eigenvalue weighted by Gasteiger charge is -2.38. The summed E-state index contributed by atoms with van der Waals surface area (Å²) in [4.78, 5) is 15.1. The number of amides is 1. The zero-order chi connectivity index (χ0) is 16.0. The van der Waals surface area contributed by atoms with E-state index in [0.29, 0.717) is 18.8 Å². The van der Waals surface area contributed by atoms with Gasteiger partial charge in [0.15, 0.2) is 5.69 Å². The third-order valence-electron chi connectivity index (χ3n) is 5.06. The monoisotopic (exact) mass is 315 g/mol. The molecule has 6 heteroatoms. The smallest absolute Gasteiger partial charge is 0.275 e. The number of morpholine rings is 1. The van der Waals surface area contributed by atoms with Crippen LogP contribution in [-0.4, -0.2) is 59.1 Å². The molecule has 4 rings (SSSR count). The van der Waals surface area contributed by atoms with Crippen LogP contribution in [0.2, 0.25) is 0 Å². The standard InChI is InChI=1S/C17H21N3O3/c1-19-12-6-4-3-5-11(12)15(18-19)17(21)20-9-10-23-16-13(20)7-8-14(16)22-2/h3-6,13-14,16H,7-10H2,1-2H3/t13-,14-,16+/m0/s1. The molecule has 2 aliphatic rings. The highest BCUT2D eigenvalue weighted by Crippen LogP contribution is 2.33. The highest BCUT2D eigenvalue weighted by molar-refractivity contribution is 6.05. The van der Waals surface area contributed by atoms with Crippen molar-refractivity contribution in [1.82, 2.24) is 14.7 Å². The summed E-state index contributed by atoms with van der Waals surface area (Å²) in [6.45, 7) is 1.17. The first-order chi connectivity index (χ1) is 11.2. The second-order valence-corrected chi connectivity index (χ2v) is 6.24. The van der Waals surface area contributed by atoms with Gasteiger partial charge in [-0.05, 0) is 18.9 Å². The molecule has 1 aliphatic heterocycles. The Bertz CT molecular complexity index is 742. The summed E-state index contributed by atoms with van der Waals surface area (Å²) in [7, 11) is 3.58. The molecule has 1 aromatic heterocycles. The fourth-order valence-corrected chi connectivity index (χ4v) is 3.93. The van der Waals surface area contributed by atoms with Crippen molar-refractivity contribution in [3.8, 4) is 0 Å². The minimum Gasteiger partial charge on any atom is -0.379 e. The van der Waals surface area contributed by atoms with Crippen LogP contribution in [0.3, 0.4) is 0 Å². The van der Waals surface area contributed by atoms with Gasteiger partial charge in [-0.1, -0.05) is 18.2 Å². The summed E-state index contributed by atoms with van der Waals surface area (Å²) in [5.41, 5.74) is 1.51. The largest absolute Gasteiger partial charge is 0.379 e. The van der Waals surface area contributed by atoms with Gasteiger partial charge in [0, 0.05) is 26.1 Å². The van der Waals surface area contributed by atoms with Crippen LogP contribution < -0.4 is 0 Å². The second-order valence-electron chi connectivity index (χ2n) is 6.24. The maximum absolute atomic E-state index is 13.1. The van der Waals surface area contributed by atoms with Gasteiger partial charge in [0.05, 0.1) is 24.3 Å². The van der Waals surface area contributed by atoms with Crippen LogP contribution in [-0.2, 0) is 16.5 Å². The Morgan fingerprint density at radius 3 is 3.00 bits per heavy atom. The molecule has 0 bridgehead atoms. The van der Waals surface area contributed by atoms with Gasteiger partial charge in [0.25, 0.3) is 5.91 Å². The molecule has 23 heavy (non-hydrogen) atoms. The molecule has 1 aromatic carbocycles. The number of hydrogen-bond acceptors (Lipinski definition) is 4. The molecule has 0 radical (unpaired) electrons. The molecule has 1 saturated carbocycles. The number of ether oxygens (including phenoxy) is 2. The molecule has 0 N–H and O–H groups in total. The molecule has 122 valence electrons. The summed E-state index contributed by atoms with van der Waals surface area (Å²) < 4.78 is 13.1. The lowest BCUT2D eigenvalue weighted by molar-refractivity contribution is -0.0947. The molecular weight excluding hydrogens is 294 g/mol. The number of fused-ring (bicyclic) bond motifs is 2. The quantitative estimate of drug-likeness (QED) is 0.844. The van der Waals surface area contributed by atoms with Gasteiger partial charge in [0.1, 0.15) is 6.10 Å². The van der Waals surface area contributed by atoms with E-state index >= 15 is 0 Å². The van der Waals surface area contributed by atoms with Crippen molar-refractivity contribution in [2.45, 2.75) is 31.1 Å². The molecule has 2 fully saturated rings. The number of hydrogen-bond donors (Lipinski definition) is 0. The topological polar surface area (TPSA) is 56.6 Å². The number of nitrogens with zero attached hydrogens (tertiary/aromatic N) is 3. The van der Waals surface area contributed by atoms with Gasteiger partial charge in [-0.15, -0.1) is 0 Å². The van der Waals surface area contributed by atoms with Crippen molar-refractivity contribution in [2.75, 3.05) is 20.3 Å². The lowest BCUT2D eigenvalue weighted by Crippen LogP contribution is -2.53. The molecule has 1 aliphatic carbocycles. The maximum atomic E-state index is 13.1. The molecule has 2 aromatic rings. The van der Waals surface area contributed by atoms with E-state index in [9.17, 15) is 4.79 Å². The predicted molar refractivity (Wildman–Crippen MR) is 85.3 cm³/mol. The average Bonchev–Trinajstić information content (AvgIpc) is 3.15. The summed E-state index contributed by atoms with van der Waals surface area (Å²) in [5, 5.41) is 5.38. The van der Waals surface area contributed by atoms with Crippen molar-refractivity contribution in [3.05, 3.63) is 30.0 Å². The van der Waals surface area contributed by atoms with Crippen LogP contribution in [0.1, 0.15) is 23.3 Å². The van der Waals surface area contributed by atoms with Crippen LogP contribution >= 0.6 is 0 Å². The molecule has 1 saturated heterocycles. The Morgan fingerprint density at radius 2 is 2.17 bits per heavy atom. The van der Waals surface area contributed by atoms with E-state index in [4.69, 9.17) is 9.47 Å². The number of carbonyl (C=O) groups is 1. The Kier molecular flexibility index (Phi) is 3.58. The predicted octanol–water partition coefficient (Wildman–Crippen LogP) is 1.59. The molecule has 2 heterocycles. The number of carbonyl (C=O) groups excluding carboxylic acids is 1. The van der Waals surface area contributed by atoms with Crippen molar-refractivity contribution < 1.29 is 14.3 Å². The van der Waals surface area contributed by atoms with Crippen molar-refractivity contribution in [1.29, 1.82) is 0 Å². The molecule has 3 atom stereocenters. The van der Waals surface area contributed by atoms with Gasteiger partial charge in [-0.2, -0.15) is 5.10 Å². The number of aromatic nitrogens is 2. The van der Waals surface area contributed by atoms with E-state index in [1.807, 2.05) is 36.2 Å². The normalized spacial score (nSPS) is 27.4. The molecule has 6 nitrogen and oxygen atoms in total. The van der Waals surface area contributed by atoms with Crippen molar-refractivity contribution >= 4 is 16.8 Å². The van der Waals surface area contributed by atoms with Crippen LogP contribution in [0.5, 0.6) is 0 Å². The van der Waals surface area contributed by atoms with Crippen molar-refractivity contribution in [3.63, 3.8) is 0 Å². The van der Waals surface area contributed by atoms with E-state index in [1.54, 1.807) is 11.8 Å². The Morgan fingerprint density at radius 1 is 1.35 bits per heavy atom. The molecular formula is C17H21N3O3. The number of para-hydroxylation sites is 1. The Labute approximate surface area is 135 Å². The summed E-state index contributed by atoms with van der Waals surface area (Å²) in [6.07, 6.45) is 1.90. The fraction of sp³-hybridized carbons (Fsp3) is 0.529. The van der Waals surface area contributed by atoms with Crippen LogP contribution in [0.15, 0.2) is 24.3 Å². The number of benzene rings is 1. The van der Waals surface area contributed by atoms with Crippen molar-refractivity contribution in [2.24, 2.45) is 7.05 Å². The van der Waals surface area contributed by atoms with Gasteiger partial charge in [-0.25, -0.2) is 0 Å². The highest BCUT2D eigenvalue weighted by atomic mass is 16.5. The average molecular weight is 315 g/mol. The highest BCUT2D eigenvalue weighted by Gasteiger charge is 2.45. The van der Waals surface area contributed by atoms with E-state index in [2.05, 4.69) is 5.10 Å². The Balaban J connectivity index is 1.68. The molecule has 0 unspecified atom stereocenters. The van der Waals surface area contributed by atoms with E-state index in [-0.39, 0.29) is 24.2 Å².